The van der Waals surface area contributed by atoms with Crippen molar-refractivity contribution < 1.29 is 13.2 Å². The Morgan fingerprint density at radius 2 is 2.10 bits per heavy atom. The zero-order valence-corrected chi connectivity index (χ0v) is 11.4. The van der Waals surface area contributed by atoms with Crippen LogP contribution in [0.5, 0.6) is 0 Å². The van der Waals surface area contributed by atoms with Crippen molar-refractivity contribution in [3.8, 4) is 10.6 Å². The lowest BCUT2D eigenvalue weighted by atomic mass is 9.99. The fraction of sp³-hybridized carbons (Fsp3) is 0.357. The maximum atomic E-state index is 12.7. The van der Waals surface area contributed by atoms with Gasteiger partial charge in [0.15, 0.2) is 0 Å². The Hall–Kier alpha value is -1.40. The molecule has 106 valence electrons. The molecule has 0 amide bonds. The van der Waals surface area contributed by atoms with Crippen LogP contribution in [0.4, 0.5) is 13.2 Å². The molecule has 0 radical (unpaired) electrons. The molecule has 0 saturated carbocycles. The third kappa shape index (κ3) is 2.45. The van der Waals surface area contributed by atoms with Gasteiger partial charge in [-0.25, -0.2) is 4.98 Å². The number of rotatable bonds is 1. The van der Waals surface area contributed by atoms with Crippen LogP contribution in [0.3, 0.4) is 0 Å². The van der Waals surface area contributed by atoms with E-state index in [0.717, 1.165) is 42.0 Å². The van der Waals surface area contributed by atoms with Gasteiger partial charge in [0, 0.05) is 16.5 Å². The zero-order chi connectivity index (χ0) is 14.3. The van der Waals surface area contributed by atoms with Gasteiger partial charge in [-0.2, -0.15) is 13.2 Å². The third-order valence-corrected chi connectivity index (χ3v) is 4.71. The summed E-state index contributed by atoms with van der Waals surface area (Å²) in [7, 11) is 0. The van der Waals surface area contributed by atoms with Crippen molar-refractivity contribution >= 4 is 11.3 Å². The second-order valence-corrected chi connectivity index (χ2v) is 5.94. The number of nitrogens with two attached hydrogens (primary N) is 1. The lowest BCUT2D eigenvalue weighted by Gasteiger charge is -2.15. The van der Waals surface area contributed by atoms with Gasteiger partial charge in [0.2, 0.25) is 0 Å². The number of alkyl halides is 3. The van der Waals surface area contributed by atoms with Crippen molar-refractivity contribution in [2.75, 3.05) is 0 Å². The van der Waals surface area contributed by atoms with Gasteiger partial charge in [0.25, 0.3) is 0 Å². The van der Waals surface area contributed by atoms with E-state index in [2.05, 4.69) is 4.98 Å². The molecule has 0 aliphatic heterocycles. The normalized spacial score (nSPS) is 18.9. The summed E-state index contributed by atoms with van der Waals surface area (Å²) in [5.41, 5.74) is 6.83. The van der Waals surface area contributed by atoms with Crippen molar-refractivity contribution in [2.45, 2.75) is 31.5 Å². The summed E-state index contributed by atoms with van der Waals surface area (Å²) < 4.78 is 38.2. The Morgan fingerprint density at radius 3 is 2.80 bits per heavy atom. The summed E-state index contributed by atoms with van der Waals surface area (Å²) in [5.74, 6) is 0. The van der Waals surface area contributed by atoms with Crippen molar-refractivity contribution in [3.05, 3.63) is 40.4 Å². The molecule has 1 unspecified atom stereocenters. The summed E-state index contributed by atoms with van der Waals surface area (Å²) in [5, 5.41) is 0.624. The highest BCUT2D eigenvalue weighted by Gasteiger charge is 2.31. The first-order valence-corrected chi connectivity index (χ1v) is 7.19. The Labute approximate surface area is 118 Å². The minimum atomic E-state index is -4.33. The first kappa shape index (κ1) is 13.6. The quantitative estimate of drug-likeness (QED) is 0.858. The summed E-state index contributed by atoms with van der Waals surface area (Å²) in [6.07, 6.45) is -1.57. The van der Waals surface area contributed by atoms with E-state index in [1.807, 2.05) is 0 Å². The van der Waals surface area contributed by atoms with E-state index < -0.39 is 11.7 Å². The van der Waals surface area contributed by atoms with Crippen LogP contribution in [-0.4, -0.2) is 4.98 Å². The smallest absolute Gasteiger partial charge is 0.323 e. The second-order valence-electron chi connectivity index (χ2n) is 4.91. The predicted octanol–water partition coefficient (Wildman–Crippen LogP) is 4.17. The summed E-state index contributed by atoms with van der Waals surface area (Å²) in [6.45, 7) is 0. The Bertz CT molecular complexity index is 634. The zero-order valence-electron chi connectivity index (χ0n) is 10.6. The number of benzene rings is 1. The topological polar surface area (TPSA) is 38.9 Å². The molecule has 1 aromatic carbocycles. The predicted molar refractivity (Wildman–Crippen MR) is 72.4 cm³/mol. The number of fused-ring (bicyclic) bond motifs is 1. The van der Waals surface area contributed by atoms with Gasteiger partial charge in [-0.1, -0.05) is 12.1 Å². The lowest BCUT2D eigenvalue weighted by Crippen LogP contribution is -2.15. The van der Waals surface area contributed by atoms with Gasteiger partial charge in [-0.3, -0.25) is 0 Å². The van der Waals surface area contributed by atoms with E-state index >= 15 is 0 Å². The molecule has 2 aromatic rings. The number of aromatic nitrogens is 1. The third-order valence-electron chi connectivity index (χ3n) is 3.43. The fourth-order valence-corrected chi connectivity index (χ4v) is 3.55. The van der Waals surface area contributed by atoms with Crippen LogP contribution in [0.15, 0.2) is 24.3 Å². The highest BCUT2D eigenvalue weighted by molar-refractivity contribution is 7.15. The number of hydrogen-bond donors (Lipinski definition) is 1. The molecule has 0 fully saturated rings. The van der Waals surface area contributed by atoms with Crippen molar-refractivity contribution in [2.24, 2.45) is 5.73 Å². The van der Waals surface area contributed by atoms with E-state index in [-0.39, 0.29) is 6.04 Å². The molecule has 1 aliphatic rings. The summed E-state index contributed by atoms with van der Waals surface area (Å²) in [4.78, 5) is 5.48. The molecule has 1 atom stereocenters. The highest BCUT2D eigenvalue weighted by Crippen LogP contribution is 2.38. The van der Waals surface area contributed by atoms with Crippen LogP contribution >= 0.6 is 11.3 Å². The molecule has 6 heteroatoms. The van der Waals surface area contributed by atoms with Crippen LogP contribution in [0.25, 0.3) is 10.6 Å². The van der Waals surface area contributed by atoms with Crippen molar-refractivity contribution in [3.63, 3.8) is 0 Å². The maximum Gasteiger partial charge on any atom is 0.416 e. The summed E-state index contributed by atoms with van der Waals surface area (Å²) >= 11 is 1.41. The van der Waals surface area contributed by atoms with Gasteiger partial charge in [0.1, 0.15) is 5.01 Å². The van der Waals surface area contributed by atoms with E-state index in [9.17, 15) is 13.2 Å². The molecule has 0 saturated heterocycles. The van der Waals surface area contributed by atoms with Crippen molar-refractivity contribution in [1.82, 2.24) is 4.98 Å². The van der Waals surface area contributed by atoms with Crippen LogP contribution < -0.4 is 5.73 Å². The number of thiazole rings is 1. The second kappa shape index (κ2) is 4.86. The first-order chi connectivity index (χ1) is 9.45. The van der Waals surface area contributed by atoms with E-state index in [0.29, 0.717) is 10.6 Å². The highest BCUT2D eigenvalue weighted by atomic mass is 32.1. The monoisotopic (exact) mass is 298 g/mol. The molecule has 1 aromatic heterocycles. The largest absolute Gasteiger partial charge is 0.416 e. The SMILES string of the molecule is NC1CCCc2nc(-c3cccc(C(F)(F)F)c3)sc21. The molecular weight excluding hydrogens is 285 g/mol. The van der Waals surface area contributed by atoms with Gasteiger partial charge in [0.05, 0.1) is 11.3 Å². The molecule has 0 spiro atoms. The van der Waals surface area contributed by atoms with Crippen LogP contribution in [0, 0.1) is 0 Å². The fourth-order valence-electron chi connectivity index (χ4n) is 2.40. The van der Waals surface area contributed by atoms with Gasteiger partial charge < -0.3 is 5.73 Å². The Balaban J connectivity index is 2.02. The maximum absolute atomic E-state index is 12.7. The van der Waals surface area contributed by atoms with Gasteiger partial charge >= 0.3 is 6.18 Å². The molecule has 20 heavy (non-hydrogen) atoms. The van der Waals surface area contributed by atoms with Crippen LogP contribution in [-0.2, 0) is 12.6 Å². The van der Waals surface area contributed by atoms with Gasteiger partial charge in [-0.15, -0.1) is 11.3 Å². The van der Waals surface area contributed by atoms with E-state index in [1.165, 1.54) is 17.4 Å². The van der Waals surface area contributed by atoms with Crippen LogP contribution in [0.2, 0.25) is 0 Å². The molecule has 0 bridgehead atoms. The number of aryl methyl sites for hydroxylation is 1. The first-order valence-electron chi connectivity index (χ1n) is 6.38. The summed E-state index contributed by atoms with van der Waals surface area (Å²) in [6, 6.07) is 5.26. The lowest BCUT2D eigenvalue weighted by molar-refractivity contribution is -0.137. The number of nitrogens with zero attached hydrogens (tertiary/aromatic N) is 1. The van der Waals surface area contributed by atoms with Gasteiger partial charge in [-0.05, 0) is 31.4 Å². The molecule has 1 heterocycles. The average Bonchev–Trinajstić information content (AvgIpc) is 2.83. The molecule has 1 aliphatic carbocycles. The Morgan fingerprint density at radius 1 is 1.30 bits per heavy atom. The average molecular weight is 298 g/mol. The van der Waals surface area contributed by atoms with Crippen LogP contribution in [0.1, 0.15) is 35.0 Å². The Kier molecular flexibility index (Phi) is 3.30. The molecule has 2 nitrogen and oxygen atoms in total. The minimum absolute atomic E-state index is 0.0317. The van der Waals surface area contributed by atoms with Crippen molar-refractivity contribution in [1.29, 1.82) is 0 Å². The standard InChI is InChI=1S/C14H13F3N2S/c15-14(16,17)9-4-1-3-8(7-9)13-19-11-6-2-5-10(18)12(11)20-13/h1,3-4,7,10H,2,5-6,18H2. The number of hydrogen-bond acceptors (Lipinski definition) is 3. The molecular formula is C14H13F3N2S. The number of halogens is 3. The van der Waals surface area contributed by atoms with E-state index in [1.54, 1.807) is 6.07 Å². The van der Waals surface area contributed by atoms with E-state index in [4.69, 9.17) is 5.73 Å². The minimum Gasteiger partial charge on any atom is -0.323 e. The molecule has 3 rings (SSSR count). The molecule has 2 N–H and O–H groups in total.